The summed E-state index contributed by atoms with van der Waals surface area (Å²) in [5, 5.41) is 9.23. The first-order valence-corrected chi connectivity index (χ1v) is 7.65. The van der Waals surface area contributed by atoms with E-state index in [2.05, 4.69) is 10.2 Å². The minimum atomic E-state index is -0.688. The maximum Gasteiger partial charge on any atom is 0.255 e. The molecular formula is C17H17F2N3O2. The molecule has 0 fully saturated rings. The van der Waals surface area contributed by atoms with E-state index in [9.17, 15) is 13.6 Å². The lowest BCUT2D eigenvalue weighted by atomic mass is 9.86. The molecule has 5 nitrogen and oxygen atoms in total. The van der Waals surface area contributed by atoms with Gasteiger partial charge in [-0.15, -0.1) is 5.10 Å². The quantitative estimate of drug-likeness (QED) is 0.811. The van der Waals surface area contributed by atoms with Crippen LogP contribution in [0.1, 0.15) is 30.0 Å². The maximum atomic E-state index is 13.9. The van der Waals surface area contributed by atoms with Gasteiger partial charge >= 0.3 is 0 Å². The van der Waals surface area contributed by atoms with Crippen LogP contribution in [0.5, 0.6) is 0 Å². The highest BCUT2D eigenvalue weighted by atomic mass is 19.1. The van der Waals surface area contributed by atoms with Crippen molar-refractivity contribution in [1.29, 1.82) is 0 Å². The highest BCUT2D eigenvalue weighted by molar-refractivity contribution is 5.83. The number of nitrogens with zero attached hydrogens (tertiary/aromatic N) is 3. The van der Waals surface area contributed by atoms with Crippen LogP contribution in [0.2, 0.25) is 0 Å². The Morgan fingerprint density at radius 2 is 2.00 bits per heavy atom. The molecule has 0 radical (unpaired) electrons. The molecule has 126 valence electrons. The fraction of sp³-hybridized carbons (Fsp3) is 0.353. The van der Waals surface area contributed by atoms with Crippen LogP contribution in [0.4, 0.5) is 8.78 Å². The normalized spacial score (nSPS) is 16.6. The first kappa shape index (κ1) is 16.4. The van der Waals surface area contributed by atoms with Crippen molar-refractivity contribution in [3.8, 4) is 11.3 Å². The van der Waals surface area contributed by atoms with E-state index in [4.69, 9.17) is 4.84 Å². The fourth-order valence-corrected chi connectivity index (χ4v) is 2.98. The molecule has 7 heteroatoms. The summed E-state index contributed by atoms with van der Waals surface area (Å²) in [6.45, 7) is 0. The van der Waals surface area contributed by atoms with Gasteiger partial charge in [-0.3, -0.25) is 9.63 Å². The number of hydrogen-bond donors (Lipinski definition) is 0. The summed E-state index contributed by atoms with van der Waals surface area (Å²) in [7, 11) is 2.95. The molecule has 2 aromatic rings. The van der Waals surface area contributed by atoms with E-state index in [1.165, 1.54) is 32.4 Å². The van der Waals surface area contributed by atoms with E-state index in [-0.39, 0.29) is 17.2 Å². The standard InChI is InChI=1S/C17H17F2N3O2/c1-22(24-2)17(23)11-6-3-5-10-9-14(20-21-16(10)11)15-12(18)7-4-8-13(15)19/h4,7-9,11H,3,5-6H2,1-2H3. The molecule has 1 heterocycles. The fourth-order valence-electron chi connectivity index (χ4n) is 2.98. The van der Waals surface area contributed by atoms with Gasteiger partial charge in [-0.1, -0.05) is 6.07 Å². The van der Waals surface area contributed by atoms with Crippen LogP contribution in [-0.2, 0) is 16.1 Å². The lowest BCUT2D eigenvalue weighted by Crippen LogP contribution is -2.33. The average molecular weight is 333 g/mol. The summed E-state index contributed by atoms with van der Waals surface area (Å²) in [6.07, 6.45) is 2.11. The van der Waals surface area contributed by atoms with E-state index in [1.807, 2.05) is 0 Å². The van der Waals surface area contributed by atoms with Crippen LogP contribution in [-0.4, -0.2) is 35.3 Å². The van der Waals surface area contributed by atoms with Gasteiger partial charge < -0.3 is 0 Å². The predicted molar refractivity (Wildman–Crippen MR) is 82.8 cm³/mol. The Hall–Kier alpha value is -2.41. The van der Waals surface area contributed by atoms with Crippen LogP contribution >= 0.6 is 0 Å². The molecule has 0 aliphatic heterocycles. The third-order valence-electron chi connectivity index (χ3n) is 4.28. The van der Waals surface area contributed by atoms with Gasteiger partial charge in [0.05, 0.1) is 30.0 Å². The highest BCUT2D eigenvalue weighted by Gasteiger charge is 2.31. The topological polar surface area (TPSA) is 55.3 Å². The Labute approximate surface area is 138 Å². The lowest BCUT2D eigenvalue weighted by Gasteiger charge is -2.26. The summed E-state index contributed by atoms with van der Waals surface area (Å²) in [6, 6.07) is 5.28. The van der Waals surface area contributed by atoms with Gasteiger partial charge in [0.15, 0.2) is 0 Å². The molecule has 0 saturated carbocycles. The largest absolute Gasteiger partial charge is 0.275 e. The molecule has 1 atom stereocenters. The molecule has 24 heavy (non-hydrogen) atoms. The second-order valence-corrected chi connectivity index (χ2v) is 5.70. The number of fused-ring (bicyclic) bond motifs is 1. The second-order valence-electron chi connectivity index (χ2n) is 5.70. The van der Waals surface area contributed by atoms with Crippen molar-refractivity contribution in [2.45, 2.75) is 25.2 Å². The maximum absolute atomic E-state index is 13.9. The molecule has 1 aliphatic carbocycles. The number of hydroxylamine groups is 2. The zero-order valence-corrected chi connectivity index (χ0v) is 13.4. The molecule has 1 aromatic carbocycles. The van der Waals surface area contributed by atoms with Crippen molar-refractivity contribution in [2.75, 3.05) is 14.2 Å². The second kappa shape index (κ2) is 6.60. The Bertz CT molecular complexity index is 762. The number of carbonyl (C=O) groups is 1. The van der Waals surface area contributed by atoms with E-state index >= 15 is 0 Å². The van der Waals surface area contributed by atoms with Gasteiger partial charge in [-0.25, -0.2) is 13.8 Å². The first-order valence-electron chi connectivity index (χ1n) is 7.65. The number of carbonyl (C=O) groups excluding carboxylic acids is 1. The molecule has 0 saturated heterocycles. The van der Waals surface area contributed by atoms with Crippen molar-refractivity contribution in [2.24, 2.45) is 0 Å². The minimum Gasteiger partial charge on any atom is -0.275 e. The zero-order valence-electron chi connectivity index (χ0n) is 13.4. The monoisotopic (exact) mass is 333 g/mol. The molecule has 0 bridgehead atoms. The van der Waals surface area contributed by atoms with Crippen molar-refractivity contribution in [3.05, 3.63) is 47.2 Å². The summed E-state index contributed by atoms with van der Waals surface area (Å²) in [4.78, 5) is 17.3. The third kappa shape index (κ3) is 2.87. The van der Waals surface area contributed by atoms with Crippen LogP contribution in [0.25, 0.3) is 11.3 Å². The van der Waals surface area contributed by atoms with E-state index in [0.717, 1.165) is 17.0 Å². The van der Waals surface area contributed by atoms with Crippen molar-refractivity contribution >= 4 is 5.91 Å². The molecular weight excluding hydrogens is 316 g/mol. The zero-order chi connectivity index (χ0) is 17.3. The van der Waals surface area contributed by atoms with Crippen LogP contribution in [0.3, 0.4) is 0 Å². The first-order chi connectivity index (χ1) is 11.5. The number of aromatic nitrogens is 2. The van der Waals surface area contributed by atoms with E-state index in [0.29, 0.717) is 18.5 Å². The molecule has 0 N–H and O–H groups in total. The Balaban J connectivity index is 2.01. The van der Waals surface area contributed by atoms with Gasteiger partial charge in [0.2, 0.25) is 0 Å². The number of amides is 1. The summed E-state index contributed by atoms with van der Waals surface area (Å²) in [5.74, 6) is -2.04. The number of benzene rings is 1. The Morgan fingerprint density at radius 3 is 2.67 bits per heavy atom. The van der Waals surface area contributed by atoms with Gasteiger partial charge in [-0.05, 0) is 43.0 Å². The van der Waals surface area contributed by atoms with Crippen molar-refractivity contribution in [1.82, 2.24) is 15.3 Å². The summed E-state index contributed by atoms with van der Waals surface area (Å²) < 4.78 is 27.9. The van der Waals surface area contributed by atoms with Gasteiger partial charge in [0.1, 0.15) is 11.6 Å². The molecule has 3 rings (SSSR count). The van der Waals surface area contributed by atoms with Gasteiger partial charge in [-0.2, -0.15) is 5.10 Å². The molecule has 0 spiro atoms. The molecule has 1 aliphatic rings. The molecule has 1 unspecified atom stereocenters. The number of hydrogen-bond acceptors (Lipinski definition) is 4. The van der Waals surface area contributed by atoms with E-state index < -0.39 is 17.6 Å². The van der Waals surface area contributed by atoms with Crippen molar-refractivity contribution < 1.29 is 18.4 Å². The number of halogens is 2. The number of likely N-dealkylation sites (N-methyl/N-ethyl adjacent to an activating group) is 1. The Morgan fingerprint density at radius 1 is 1.29 bits per heavy atom. The van der Waals surface area contributed by atoms with E-state index in [1.54, 1.807) is 6.07 Å². The highest BCUT2D eigenvalue weighted by Crippen LogP contribution is 2.33. The summed E-state index contributed by atoms with van der Waals surface area (Å²) >= 11 is 0. The third-order valence-corrected chi connectivity index (χ3v) is 4.28. The smallest absolute Gasteiger partial charge is 0.255 e. The average Bonchev–Trinajstić information content (AvgIpc) is 2.59. The SMILES string of the molecule is CON(C)C(=O)C1CCCc2cc(-c3c(F)cccc3F)nnc21. The number of rotatable bonds is 3. The summed E-state index contributed by atoms with van der Waals surface area (Å²) in [5.41, 5.74) is 1.28. The Kier molecular flexibility index (Phi) is 4.53. The van der Waals surface area contributed by atoms with Crippen LogP contribution < -0.4 is 0 Å². The van der Waals surface area contributed by atoms with Crippen LogP contribution in [0, 0.1) is 11.6 Å². The predicted octanol–water partition coefficient (Wildman–Crippen LogP) is 2.86. The van der Waals surface area contributed by atoms with Crippen molar-refractivity contribution in [3.63, 3.8) is 0 Å². The minimum absolute atomic E-state index is 0.137. The molecule has 1 amide bonds. The van der Waals surface area contributed by atoms with Crippen LogP contribution in [0.15, 0.2) is 24.3 Å². The molecule has 1 aromatic heterocycles. The lowest BCUT2D eigenvalue weighted by molar-refractivity contribution is -0.170. The van der Waals surface area contributed by atoms with Gasteiger partial charge in [0, 0.05) is 7.05 Å². The number of aryl methyl sites for hydroxylation is 1. The van der Waals surface area contributed by atoms with Gasteiger partial charge in [0.25, 0.3) is 5.91 Å².